The Balaban J connectivity index is 1.73. The molecule has 0 unspecified atom stereocenters. The SMILES string of the molecule is O=C(Cn1cnc(-c2ccco2)cc1=O)Nc1cccc(Br)c1. The Morgan fingerprint density at radius 1 is 1.26 bits per heavy atom. The number of amides is 1. The van der Waals surface area contributed by atoms with Crippen molar-refractivity contribution in [1.82, 2.24) is 9.55 Å². The summed E-state index contributed by atoms with van der Waals surface area (Å²) in [6.07, 6.45) is 2.84. The van der Waals surface area contributed by atoms with Crippen molar-refractivity contribution in [1.29, 1.82) is 0 Å². The van der Waals surface area contributed by atoms with Crippen molar-refractivity contribution in [2.24, 2.45) is 0 Å². The lowest BCUT2D eigenvalue weighted by Crippen LogP contribution is -2.27. The molecule has 0 radical (unpaired) electrons. The van der Waals surface area contributed by atoms with Crippen LogP contribution in [-0.2, 0) is 11.3 Å². The first kappa shape index (κ1) is 15.2. The number of halogens is 1. The second-order valence-electron chi connectivity index (χ2n) is 4.78. The fourth-order valence-corrected chi connectivity index (χ4v) is 2.42. The molecule has 2 heterocycles. The molecule has 2 aromatic heterocycles. The highest BCUT2D eigenvalue weighted by Crippen LogP contribution is 2.16. The van der Waals surface area contributed by atoms with Gasteiger partial charge in [0.2, 0.25) is 5.91 Å². The van der Waals surface area contributed by atoms with Gasteiger partial charge in [0.05, 0.1) is 12.6 Å². The monoisotopic (exact) mass is 373 g/mol. The third-order valence-electron chi connectivity index (χ3n) is 3.08. The lowest BCUT2D eigenvalue weighted by atomic mass is 10.3. The van der Waals surface area contributed by atoms with E-state index in [9.17, 15) is 9.59 Å². The summed E-state index contributed by atoms with van der Waals surface area (Å²) in [5, 5.41) is 2.73. The fourth-order valence-electron chi connectivity index (χ4n) is 2.03. The van der Waals surface area contributed by atoms with Crippen molar-refractivity contribution in [2.45, 2.75) is 6.54 Å². The Hall–Kier alpha value is -2.67. The number of aromatic nitrogens is 2. The van der Waals surface area contributed by atoms with Gasteiger partial charge in [-0.2, -0.15) is 0 Å². The largest absolute Gasteiger partial charge is 0.463 e. The van der Waals surface area contributed by atoms with Crippen LogP contribution in [0.5, 0.6) is 0 Å². The van der Waals surface area contributed by atoms with E-state index in [0.29, 0.717) is 17.1 Å². The van der Waals surface area contributed by atoms with E-state index < -0.39 is 0 Å². The van der Waals surface area contributed by atoms with Crippen LogP contribution in [0.15, 0.2) is 68.7 Å². The van der Waals surface area contributed by atoms with Gasteiger partial charge in [-0.05, 0) is 30.3 Å². The first-order valence-corrected chi connectivity index (χ1v) is 7.57. The second-order valence-corrected chi connectivity index (χ2v) is 5.69. The van der Waals surface area contributed by atoms with Crippen LogP contribution >= 0.6 is 15.9 Å². The zero-order valence-electron chi connectivity index (χ0n) is 11.9. The zero-order valence-corrected chi connectivity index (χ0v) is 13.5. The molecule has 0 bridgehead atoms. The molecule has 0 spiro atoms. The van der Waals surface area contributed by atoms with E-state index in [2.05, 4.69) is 26.2 Å². The minimum atomic E-state index is -0.323. The molecule has 0 atom stereocenters. The topological polar surface area (TPSA) is 77.1 Å². The van der Waals surface area contributed by atoms with Crippen LogP contribution < -0.4 is 10.9 Å². The number of nitrogens with zero attached hydrogens (tertiary/aromatic N) is 2. The van der Waals surface area contributed by atoms with E-state index in [1.54, 1.807) is 24.3 Å². The summed E-state index contributed by atoms with van der Waals surface area (Å²) >= 11 is 3.33. The summed E-state index contributed by atoms with van der Waals surface area (Å²) in [4.78, 5) is 28.2. The summed E-state index contributed by atoms with van der Waals surface area (Å²) in [5.74, 6) is 0.200. The molecule has 3 aromatic rings. The Labute approximate surface area is 139 Å². The van der Waals surface area contributed by atoms with E-state index in [1.807, 2.05) is 12.1 Å². The van der Waals surface area contributed by atoms with E-state index in [1.165, 1.54) is 23.2 Å². The summed E-state index contributed by atoms with van der Waals surface area (Å²) < 4.78 is 7.29. The van der Waals surface area contributed by atoms with Crippen LogP contribution in [0.2, 0.25) is 0 Å². The Morgan fingerprint density at radius 3 is 2.83 bits per heavy atom. The molecule has 0 aliphatic heterocycles. The van der Waals surface area contributed by atoms with Crippen molar-refractivity contribution in [3.8, 4) is 11.5 Å². The highest BCUT2D eigenvalue weighted by atomic mass is 79.9. The smallest absolute Gasteiger partial charge is 0.254 e. The molecule has 6 nitrogen and oxygen atoms in total. The number of carbonyl (C=O) groups is 1. The number of anilines is 1. The maximum atomic E-state index is 12.1. The van der Waals surface area contributed by atoms with Gasteiger partial charge in [-0.1, -0.05) is 22.0 Å². The minimum absolute atomic E-state index is 0.114. The summed E-state index contributed by atoms with van der Waals surface area (Å²) in [7, 11) is 0. The Bertz CT molecular complexity index is 888. The molecule has 0 saturated heterocycles. The molecule has 3 rings (SSSR count). The molecular weight excluding hydrogens is 362 g/mol. The van der Waals surface area contributed by atoms with Crippen LogP contribution in [-0.4, -0.2) is 15.5 Å². The summed E-state index contributed by atoms with van der Waals surface area (Å²) in [6, 6.07) is 12.0. The van der Waals surface area contributed by atoms with Crippen LogP contribution in [0.3, 0.4) is 0 Å². The molecule has 7 heteroatoms. The van der Waals surface area contributed by atoms with Crippen molar-refractivity contribution < 1.29 is 9.21 Å². The first-order chi connectivity index (χ1) is 11.1. The highest BCUT2D eigenvalue weighted by Gasteiger charge is 2.09. The quantitative estimate of drug-likeness (QED) is 0.762. The number of rotatable bonds is 4. The third-order valence-corrected chi connectivity index (χ3v) is 3.57. The van der Waals surface area contributed by atoms with Gasteiger partial charge in [-0.15, -0.1) is 0 Å². The van der Waals surface area contributed by atoms with Gasteiger partial charge in [-0.3, -0.25) is 14.2 Å². The molecule has 1 amide bonds. The highest BCUT2D eigenvalue weighted by molar-refractivity contribution is 9.10. The average Bonchev–Trinajstić information content (AvgIpc) is 3.03. The molecule has 0 saturated carbocycles. The van der Waals surface area contributed by atoms with Crippen LogP contribution in [0, 0.1) is 0 Å². The standard InChI is InChI=1S/C16H12BrN3O3/c17-11-3-1-4-12(7-11)19-15(21)9-20-10-18-13(8-16(20)22)14-5-2-6-23-14/h1-8,10H,9H2,(H,19,21). The van der Waals surface area contributed by atoms with Crippen molar-refractivity contribution >= 4 is 27.5 Å². The molecule has 1 N–H and O–H groups in total. The fraction of sp³-hybridized carbons (Fsp3) is 0.0625. The van der Waals surface area contributed by atoms with Crippen LogP contribution in [0.1, 0.15) is 0 Å². The number of hydrogen-bond donors (Lipinski definition) is 1. The van der Waals surface area contributed by atoms with Gasteiger partial charge in [0.1, 0.15) is 12.2 Å². The van der Waals surface area contributed by atoms with Crippen LogP contribution in [0.25, 0.3) is 11.5 Å². The third kappa shape index (κ3) is 3.75. The van der Waals surface area contributed by atoms with E-state index in [-0.39, 0.29) is 18.0 Å². The lowest BCUT2D eigenvalue weighted by molar-refractivity contribution is -0.116. The molecule has 23 heavy (non-hydrogen) atoms. The minimum Gasteiger partial charge on any atom is -0.463 e. The summed E-state index contributed by atoms with van der Waals surface area (Å²) in [5.41, 5.74) is 0.761. The maximum Gasteiger partial charge on any atom is 0.254 e. The summed E-state index contributed by atoms with van der Waals surface area (Å²) in [6.45, 7) is -0.114. The Kier molecular flexibility index (Phi) is 4.38. The lowest BCUT2D eigenvalue weighted by Gasteiger charge is -2.07. The molecule has 116 valence electrons. The normalized spacial score (nSPS) is 10.5. The number of nitrogens with one attached hydrogen (secondary N) is 1. The average molecular weight is 374 g/mol. The zero-order chi connectivity index (χ0) is 16.2. The van der Waals surface area contributed by atoms with Gasteiger partial charge < -0.3 is 9.73 Å². The van der Waals surface area contributed by atoms with Gasteiger partial charge >= 0.3 is 0 Å². The second kappa shape index (κ2) is 6.62. The molecule has 0 aliphatic rings. The van der Waals surface area contributed by atoms with Gasteiger partial charge in [0, 0.05) is 16.2 Å². The molecule has 1 aromatic carbocycles. The molecule has 0 aliphatic carbocycles. The van der Waals surface area contributed by atoms with Gasteiger partial charge in [0.25, 0.3) is 5.56 Å². The number of benzene rings is 1. The predicted molar refractivity (Wildman–Crippen MR) is 89.0 cm³/mol. The van der Waals surface area contributed by atoms with Gasteiger partial charge in [0.15, 0.2) is 5.76 Å². The molecule has 0 fully saturated rings. The van der Waals surface area contributed by atoms with Crippen molar-refractivity contribution in [3.63, 3.8) is 0 Å². The number of hydrogen-bond acceptors (Lipinski definition) is 4. The Morgan fingerprint density at radius 2 is 2.13 bits per heavy atom. The van der Waals surface area contributed by atoms with E-state index in [0.717, 1.165) is 4.47 Å². The van der Waals surface area contributed by atoms with Crippen molar-refractivity contribution in [2.75, 3.05) is 5.32 Å². The van der Waals surface area contributed by atoms with Gasteiger partial charge in [-0.25, -0.2) is 4.98 Å². The predicted octanol–water partition coefficient (Wildman–Crippen LogP) is 2.90. The van der Waals surface area contributed by atoms with Crippen molar-refractivity contribution in [3.05, 3.63) is 69.9 Å². The first-order valence-electron chi connectivity index (χ1n) is 6.77. The van der Waals surface area contributed by atoms with Crippen LogP contribution in [0.4, 0.5) is 5.69 Å². The molecular formula is C16H12BrN3O3. The number of carbonyl (C=O) groups excluding carboxylic acids is 1. The van der Waals surface area contributed by atoms with E-state index in [4.69, 9.17) is 4.42 Å². The van der Waals surface area contributed by atoms with E-state index >= 15 is 0 Å². The number of furan rings is 1. The maximum absolute atomic E-state index is 12.1.